The van der Waals surface area contributed by atoms with Crippen LogP contribution in [0.5, 0.6) is 0 Å². The molecule has 1 N–H and O–H groups in total. The molecule has 0 aliphatic heterocycles. The zero-order chi connectivity index (χ0) is 9.42. The Hall–Kier alpha value is 0.220. The second-order valence-corrected chi connectivity index (χ2v) is 6.09. The maximum absolute atomic E-state index is 9.04. The summed E-state index contributed by atoms with van der Waals surface area (Å²) in [6.07, 6.45) is 0. The van der Waals surface area contributed by atoms with Crippen LogP contribution in [-0.2, 0) is 6.61 Å². The van der Waals surface area contributed by atoms with Crippen molar-refractivity contribution in [2.45, 2.75) is 11.5 Å². The van der Waals surface area contributed by atoms with E-state index >= 15 is 0 Å². The van der Waals surface area contributed by atoms with Crippen molar-refractivity contribution >= 4 is 56.6 Å². The lowest BCUT2D eigenvalue weighted by atomic mass is 10.2. The summed E-state index contributed by atoms with van der Waals surface area (Å²) in [5.74, 6) is 0. The number of hydrogen-bond donors (Lipinski definition) is 2. The summed E-state index contributed by atoms with van der Waals surface area (Å²) in [4.78, 5) is 0.910. The molecule has 0 aliphatic carbocycles. The van der Waals surface area contributed by atoms with Gasteiger partial charge in [0, 0.05) is 9.60 Å². The number of thiol groups is 1. The average molecular weight is 322 g/mol. The van der Waals surface area contributed by atoms with Crippen LogP contribution in [0.3, 0.4) is 0 Å². The molecule has 2 rings (SSSR count). The van der Waals surface area contributed by atoms with Gasteiger partial charge in [-0.05, 0) is 39.6 Å². The first kappa shape index (κ1) is 9.76. The van der Waals surface area contributed by atoms with Crippen molar-refractivity contribution in [3.05, 3.63) is 26.6 Å². The summed E-state index contributed by atoms with van der Waals surface area (Å²) in [7, 11) is 0. The standard InChI is InChI=1S/C9H7IOS2/c10-7-3-5-1-2-6(4-11)8(12)9(5)13-7/h1-3,11-12H,4H2. The Morgan fingerprint density at radius 2 is 2.23 bits per heavy atom. The molecule has 1 aromatic heterocycles. The number of aliphatic hydroxyl groups is 1. The minimum absolute atomic E-state index is 0.0588. The summed E-state index contributed by atoms with van der Waals surface area (Å²) < 4.78 is 2.41. The van der Waals surface area contributed by atoms with Gasteiger partial charge in [0.2, 0.25) is 0 Å². The molecule has 2 aromatic rings. The molecular weight excluding hydrogens is 315 g/mol. The Morgan fingerprint density at radius 1 is 1.46 bits per heavy atom. The van der Waals surface area contributed by atoms with E-state index < -0.39 is 0 Å². The first-order valence-electron chi connectivity index (χ1n) is 3.73. The van der Waals surface area contributed by atoms with Crippen LogP contribution in [0.15, 0.2) is 23.1 Å². The minimum Gasteiger partial charge on any atom is -0.392 e. The minimum atomic E-state index is 0.0588. The first-order valence-corrected chi connectivity index (χ1v) is 6.07. The number of aliphatic hydroxyl groups excluding tert-OH is 1. The Bertz CT molecular complexity index is 450. The second kappa shape index (κ2) is 3.76. The molecule has 0 spiro atoms. The number of benzene rings is 1. The lowest BCUT2D eigenvalue weighted by Crippen LogP contribution is -1.84. The largest absolute Gasteiger partial charge is 0.392 e. The summed E-state index contributed by atoms with van der Waals surface area (Å²) in [6.45, 7) is 0.0588. The normalized spacial score (nSPS) is 11.0. The van der Waals surface area contributed by atoms with Crippen LogP contribution in [0, 0.1) is 2.88 Å². The third-order valence-electron chi connectivity index (χ3n) is 1.88. The molecule has 68 valence electrons. The van der Waals surface area contributed by atoms with E-state index in [2.05, 4.69) is 41.3 Å². The van der Waals surface area contributed by atoms with Gasteiger partial charge in [-0.2, -0.15) is 0 Å². The van der Waals surface area contributed by atoms with Crippen LogP contribution < -0.4 is 0 Å². The van der Waals surface area contributed by atoms with Gasteiger partial charge in [0.1, 0.15) is 0 Å². The number of fused-ring (bicyclic) bond motifs is 1. The molecule has 0 saturated carbocycles. The monoisotopic (exact) mass is 322 g/mol. The molecule has 0 amide bonds. The number of rotatable bonds is 1. The van der Waals surface area contributed by atoms with Gasteiger partial charge in [-0.1, -0.05) is 12.1 Å². The summed E-state index contributed by atoms with van der Waals surface area (Å²) >= 11 is 8.41. The molecule has 1 heterocycles. The van der Waals surface area contributed by atoms with Crippen LogP contribution in [0.25, 0.3) is 10.1 Å². The molecule has 1 aromatic carbocycles. The highest BCUT2D eigenvalue weighted by Gasteiger charge is 2.06. The Morgan fingerprint density at radius 3 is 2.92 bits per heavy atom. The second-order valence-electron chi connectivity index (χ2n) is 2.70. The average Bonchev–Trinajstić information content (AvgIpc) is 2.47. The fraction of sp³-hybridized carbons (Fsp3) is 0.111. The van der Waals surface area contributed by atoms with Gasteiger partial charge < -0.3 is 5.11 Å². The van der Waals surface area contributed by atoms with Gasteiger partial charge in [-0.15, -0.1) is 24.0 Å². The van der Waals surface area contributed by atoms with Gasteiger partial charge in [-0.3, -0.25) is 0 Å². The topological polar surface area (TPSA) is 20.2 Å². The van der Waals surface area contributed by atoms with E-state index in [0.717, 1.165) is 10.5 Å². The molecule has 0 saturated heterocycles. The fourth-order valence-corrected chi connectivity index (χ4v) is 3.49. The van der Waals surface area contributed by atoms with E-state index in [4.69, 9.17) is 5.11 Å². The van der Waals surface area contributed by atoms with Gasteiger partial charge in [-0.25, -0.2) is 0 Å². The maximum Gasteiger partial charge on any atom is 0.0693 e. The third kappa shape index (κ3) is 1.72. The van der Waals surface area contributed by atoms with Gasteiger partial charge in [0.15, 0.2) is 0 Å². The molecule has 0 unspecified atom stereocenters. The van der Waals surface area contributed by atoms with Crippen LogP contribution in [0.1, 0.15) is 5.56 Å². The van der Waals surface area contributed by atoms with Crippen molar-refractivity contribution in [3.8, 4) is 0 Å². The van der Waals surface area contributed by atoms with E-state index in [1.54, 1.807) is 11.3 Å². The molecule has 0 bridgehead atoms. The molecule has 0 aliphatic rings. The summed E-state index contributed by atoms with van der Waals surface area (Å²) in [6, 6.07) is 6.08. The predicted octanol–water partition coefficient (Wildman–Crippen LogP) is 3.29. The molecular formula is C9H7IOS2. The zero-order valence-electron chi connectivity index (χ0n) is 6.62. The van der Waals surface area contributed by atoms with E-state index in [1.807, 2.05) is 12.1 Å². The van der Waals surface area contributed by atoms with Crippen molar-refractivity contribution in [1.82, 2.24) is 0 Å². The maximum atomic E-state index is 9.04. The zero-order valence-corrected chi connectivity index (χ0v) is 10.5. The summed E-state index contributed by atoms with van der Waals surface area (Å²) in [5.41, 5.74) is 0.897. The van der Waals surface area contributed by atoms with Crippen molar-refractivity contribution in [2.75, 3.05) is 0 Å². The first-order chi connectivity index (χ1) is 6.22. The van der Waals surface area contributed by atoms with Crippen molar-refractivity contribution in [3.63, 3.8) is 0 Å². The Balaban J connectivity index is 2.78. The molecule has 4 heteroatoms. The van der Waals surface area contributed by atoms with E-state index in [1.165, 1.54) is 13.0 Å². The van der Waals surface area contributed by atoms with Crippen LogP contribution >= 0.6 is 46.6 Å². The molecule has 13 heavy (non-hydrogen) atoms. The Kier molecular flexibility index (Phi) is 2.83. The lowest BCUT2D eigenvalue weighted by Gasteiger charge is -2.01. The highest BCUT2D eigenvalue weighted by Crippen LogP contribution is 2.33. The highest BCUT2D eigenvalue weighted by atomic mass is 127. The van der Waals surface area contributed by atoms with Gasteiger partial charge in [0.05, 0.1) is 9.49 Å². The van der Waals surface area contributed by atoms with E-state index in [9.17, 15) is 0 Å². The summed E-state index contributed by atoms with van der Waals surface area (Å²) in [5, 5.41) is 10.2. The molecule has 1 nitrogen and oxygen atoms in total. The SMILES string of the molecule is OCc1ccc2cc(I)sc2c1S. The number of thiophene rings is 1. The van der Waals surface area contributed by atoms with Crippen molar-refractivity contribution in [1.29, 1.82) is 0 Å². The number of hydrogen-bond acceptors (Lipinski definition) is 3. The lowest BCUT2D eigenvalue weighted by molar-refractivity contribution is 0.279. The number of halogens is 1. The molecule has 0 fully saturated rings. The fourth-order valence-electron chi connectivity index (χ4n) is 1.23. The predicted molar refractivity (Wildman–Crippen MR) is 67.7 cm³/mol. The quantitative estimate of drug-likeness (QED) is 0.610. The third-order valence-corrected chi connectivity index (χ3v) is 4.48. The van der Waals surface area contributed by atoms with E-state index in [0.29, 0.717) is 0 Å². The van der Waals surface area contributed by atoms with Gasteiger partial charge in [0.25, 0.3) is 0 Å². The van der Waals surface area contributed by atoms with Gasteiger partial charge >= 0.3 is 0 Å². The van der Waals surface area contributed by atoms with Crippen molar-refractivity contribution < 1.29 is 5.11 Å². The molecule has 0 radical (unpaired) electrons. The van der Waals surface area contributed by atoms with Crippen LogP contribution in [0.2, 0.25) is 0 Å². The smallest absolute Gasteiger partial charge is 0.0693 e. The molecule has 0 atom stereocenters. The van der Waals surface area contributed by atoms with E-state index in [-0.39, 0.29) is 6.61 Å². The highest BCUT2D eigenvalue weighted by molar-refractivity contribution is 14.1. The van der Waals surface area contributed by atoms with Crippen LogP contribution in [-0.4, -0.2) is 5.11 Å². The Labute approximate surface area is 99.3 Å². The van der Waals surface area contributed by atoms with Crippen molar-refractivity contribution in [2.24, 2.45) is 0 Å². The van der Waals surface area contributed by atoms with Crippen LogP contribution in [0.4, 0.5) is 0 Å².